The summed E-state index contributed by atoms with van der Waals surface area (Å²) in [6.45, 7) is 9.44. The van der Waals surface area contributed by atoms with E-state index in [0.29, 0.717) is 16.9 Å². The molecule has 0 radical (unpaired) electrons. The van der Waals surface area contributed by atoms with Crippen LogP contribution in [0.15, 0.2) is 71.6 Å². The lowest BCUT2D eigenvalue weighted by molar-refractivity contribution is -0.286. The zero-order valence-corrected chi connectivity index (χ0v) is 20.6. The number of nitrogens with one attached hydrogen (secondary N) is 1. The van der Waals surface area contributed by atoms with Crippen molar-refractivity contribution in [3.8, 4) is 0 Å². The van der Waals surface area contributed by atoms with Crippen molar-refractivity contribution in [2.75, 3.05) is 16.7 Å². The van der Waals surface area contributed by atoms with Gasteiger partial charge in [0.15, 0.2) is 0 Å². The fraction of sp³-hybridized carbons (Fsp3) is 0.160. The maximum Gasteiger partial charge on any atom is 0.356 e. The highest BCUT2D eigenvalue weighted by Gasteiger charge is 2.24. The van der Waals surface area contributed by atoms with Crippen LogP contribution in [-0.2, 0) is 10.0 Å². The maximum absolute atomic E-state index is 13.1. The van der Waals surface area contributed by atoms with Crippen LogP contribution in [0.25, 0.3) is 0 Å². The lowest BCUT2D eigenvalue weighted by Gasteiger charge is -2.21. The van der Waals surface area contributed by atoms with Gasteiger partial charge in [-0.25, -0.2) is 18.5 Å². The number of nitrogens with zero attached hydrogens (tertiary/aromatic N) is 2. The molecule has 0 aliphatic carbocycles. The van der Waals surface area contributed by atoms with Crippen molar-refractivity contribution in [1.82, 2.24) is 0 Å². The standard InChI is InChI=1S/C25H25N3O3S2/c1-17-10-15-23(19(3)16-17)28(5)33(30,31)21-13-11-20(12-14-21)26-25(32)27(4)24(29)22-9-7-6-8-18(22)2/h6-16H,4H2,1-3,5H3/p+1. The monoisotopic (exact) mass is 480 g/mol. The molecule has 0 aliphatic heterocycles. The van der Waals surface area contributed by atoms with E-state index in [-0.39, 0.29) is 15.9 Å². The molecule has 0 atom stereocenters. The number of carbonyl (C=O) groups excluding carboxylic acids is 1. The average molecular weight is 481 g/mol. The molecular weight excluding hydrogens is 454 g/mol. The Hall–Kier alpha value is -3.36. The fourth-order valence-corrected chi connectivity index (χ4v) is 4.86. The Morgan fingerprint density at radius 1 is 0.970 bits per heavy atom. The minimum Gasteiger partial charge on any atom is -0.269 e. The van der Waals surface area contributed by atoms with Gasteiger partial charge in [0.05, 0.1) is 22.9 Å². The fourth-order valence-electron chi connectivity index (χ4n) is 3.40. The third kappa shape index (κ3) is 5.18. The highest BCUT2D eigenvalue weighted by molar-refractivity contribution is 7.92. The van der Waals surface area contributed by atoms with Gasteiger partial charge in [0.25, 0.3) is 10.0 Å². The summed E-state index contributed by atoms with van der Waals surface area (Å²) in [5.74, 6) is -0.333. The number of amides is 1. The first-order chi connectivity index (χ1) is 15.5. The van der Waals surface area contributed by atoms with Crippen LogP contribution >= 0.6 is 12.2 Å². The van der Waals surface area contributed by atoms with E-state index >= 15 is 0 Å². The van der Waals surface area contributed by atoms with Crippen molar-refractivity contribution in [2.24, 2.45) is 0 Å². The van der Waals surface area contributed by atoms with Crippen LogP contribution in [-0.4, -0.2) is 37.8 Å². The average Bonchev–Trinajstić information content (AvgIpc) is 2.78. The van der Waals surface area contributed by atoms with Gasteiger partial charge in [0.1, 0.15) is 5.69 Å². The van der Waals surface area contributed by atoms with Gasteiger partial charge in [-0.15, -0.1) is 0 Å². The molecule has 0 unspecified atom stereocenters. The van der Waals surface area contributed by atoms with Crippen molar-refractivity contribution in [3.63, 3.8) is 0 Å². The highest BCUT2D eigenvalue weighted by atomic mass is 32.2. The van der Waals surface area contributed by atoms with E-state index in [9.17, 15) is 13.2 Å². The second-order valence-electron chi connectivity index (χ2n) is 7.77. The number of anilines is 2. The van der Waals surface area contributed by atoms with Crippen LogP contribution in [0.2, 0.25) is 0 Å². The van der Waals surface area contributed by atoms with Crippen molar-refractivity contribution in [1.29, 1.82) is 0 Å². The molecule has 0 aromatic heterocycles. The van der Waals surface area contributed by atoms with Crippen LogP contribution in [0.4, 0.5) is 11.4 Å². The summed E-state index contributed by atoms with van der Waals surface area (Å²) in [6, 6.07) is 19.0. The molecule has 0 saturated heterocycles. The molecule has 0 fully saturated rings. The van der Waals surface area contributed by atoms with E-state index < -0.39 is 10.0 Å². The molecule has 6 nitrogen and oxygen atoms in total. The molecule has 0 saturated carbocycles. The van der Waals surface area contributed by atoms with Gasteiger partial charge in [-0.3, -0.25) is 4.31 Å². The summed E-state index contributed by atoms with van der Waals surface area (Å²) < 4.78 is 28.6. The number of thiocarbonyl (C=S) groups is 1. The van der Waals surface area contributed by atoms with Crippen molar-refractivity contribution in [2.45, 2.75) is 25.7 Å². The van der Waals surface area contributed by atoms with Gasteiger partial charge < -0.3 is 0 Å². The molecule has 0 spiro atoms. The van der Waals surface area contributed by atoms with Crippen molar-refractivity contribution >= 4 is 51.4 Å². The molecule has 170 valence electrons. The third-order valence-electron chi connectivity index (χ3n) is 5.32. The largest absolute Gasteiger partial charge is 0.356 e. The zero-order valence-electron chi connectivity index (χ0n) is 19.0. The number of benzene rings is 3. The predicted molar refractivity (Wildman–Crippen MR) is 137 cm³/mol. The molecule has 1 amide bonds. The molecule has 3 aromatic carbocycles. The summed E-state index contributed by atoms with van der Waals surface area (Å²) in [6.07, 6.45) is 0. The number of hydrogen-bond acceptors (Lipinski definition) is 4. The second kappa shape index (κ2) is 9.64. The molecule has 0 aliphatic rings. The lowest BCUT2D eigenvalue weighted by atomic mass is 10.1. The van der Waals surface area contributed by atoms with E-state index in [0.717, 1.165) is 21.3 Å². The predicted octanol–water partition coefficient (Wildman–Crippen LogP) is 4.69. The Bertz CT molecular complexity index is 1350. The van der Waals surface area contributed by atoms with Crippen LogP contribution in [0, 0.1) is 20.8 Å². The van der Waals surface area contributed by atoms with Gasteiger partial charge in [-0.2, -0.15) is 4.58 Å². The maximum atomic E-state index is 13.1. The van der Waals surface area contributed by atoms with Gasteiger partial charge in [0.2, 0.25) is 0 Å². The van der Waals surface area contributed by atoms with Gasteiger partial charge in [0, 0.05) is 19.3 Å². The quantitative estimate of drug-likeness (QED) is 0.326. The van der Waals surface area contributed by atoms with Gasteiger partial charge in [-0.1, -0.05) is 35.9 Å². The Kier molecular flexibility index (Phi) is 7.09. The Balaban J connectivity index is 1.75. The third-order valence-corrected chi connectivity index (χ3v) is 7.43. The Morgan fingerprint density at radius 3 is 2.21 bits per heavy atom. The number of hydrogen-bond donors (Lipinski definition) is 1. The molecule has 0 heterocycles. The minimum atomic E-state index is -3.75. The van der Waals surface area contributed by atoms with Crippen LogP contribution in [0.5, 0.6) is 0 Å². The van der Waals surface area contributed by atoms with Crippen LogP contribution in [0.1, 0.15) is 27.0 Å². The number of rotatable bonds is 5. The van der Waals surface area contributed by atoms with Crippen molar-refractivity contribution in [3.05, 3.63) is 89.0 Å². The topological polar surface area (TPSA) is 69.5 Å². The van der Waals surface area contributed by atoms with Gasteiger partial charge >= 0.3 is 11.0 Å². The van der Waals surface area contributed by atoms with E-state index in [1.165, 1.54) is 23.5 Å². The number of carbonyl (C=O) groups is 1. The first-order valence-electron chi connectivity index (χ1n) is 10.2. The summed E-state index contributed by atoms with van der Waals surface area (Å²) in [5.41, 5.74) is 4.42. The summed E-state index contributed by atoms with van der Waals surface area (Å²) in [4.78, 5) is 12.8. The molecule has 0 bridgehead atoms. The Morgan fingerprint density at radius 2 is 1.61 bits per heavy atom. The molecule has 33 heavy (non-hydrogen) atoms. The SMILES string of the molecule is C=[N+](C(=O)c1ccccc1C)C(=S)Nc1ccc(S(=O)(=O)N(C)c2ccc(C)cc2C)cc1. The van der Waals surface area contributed by atoms with E-state index in [1.54, 1.807) is 30.3 Å². The van der Waals surface area contributed by atoms with Gasteiger partial charge in [-0.05, 0) is 68.3 Å². The minimum absolute atomic E-state index is 0.103. The normalized spacial score (nSPS) is 11.0. The molecular formula is C25H26N3O3S2+. The summed E-state index contributed by atoms with van der Waals surface area (Å²) >= 11 is 5.32. The van der Waals surface area contributed by atoms with E-state index in [4.69, 9.17) is 12.2 Å². The summed E-state index contributed by atoms with van der Waals surface area (Å²) in [7, 11) is -2.21. The Labute approximate surface area is 200 Å². The van der Waals surface area contributed by atoms with E-state index in [2.05, 4.69) is 12.0 Å². The first-order valence-corrected chi connectivity index (χ1v) is 12.0. The lowest BCUT2D eigenvalue weighted by Crippen LogP contribution is -2.31. The van der Waals surface area contributed by atoms with E-state index in [1.807, 2.05) is 45.0 Å². The first kappa shape index (κ1) is 24.3. The molecule has 3 rings (SSSR count). The molecule has 8 heteroatoms. The van der Waals surface area contributed by atoms with Crippen LogP contribution < -0.4 is 9.62 Å². The zero-order chi connectivity index (χ0) is 24.3. The number of sulfonamides is 1. The molecule has 1 N–H and O–H groups in total. The van der Waals surface area contributed by atoms with Crippen LogP contribution in [0.3, 0.4) is 0 Å². The number of aryl methyl sites for hydroxylation is 3. The molecule has 3 aromatic rings. The highest BCUT2D eigenvalue weighted by Crippen LogP contribution is 2.26. The van der Waals surface area contributed by atoms with Crippen molar-refractivity contribution < 1.29 is 17.8 Å². The smallest absolute Gasteiger partial charge is 0.269 e. The second-order valence-corrected chi connectivity index (χ2v) is 10.1. The summed E-state index contributed by atoms with van der Waals surface area (Å²) in [5, 5.41) is 3.04.